The average Bonchev–Trinajstić information content (AvgIpc) is 2.71. The van der Waals surface area contributed by atoms with E-state index in [-0.39, 0.29) is 12.1 Å². The summed E-state index contributed by atoms with van der Waals surface area (Å²) in [6.07, 6.45) is -0.0787. The first kappa shape index (κ1) is 11.1. The maximum Gasteiger partial charge on any atom is 0.311 e. The second kappa shape index (κ2) is 4.20. The predicted molar refractivity (Wildman–Crippen MR) is 56.4 cm³/mol. The number of aromatic nitrogens is 1. The smallest absolute Gasteiger partial charge is 0.311 e. The molecule has 0 fully saturated rings. The summed E-state index contributed by atoms with van der Waals surface area (Å²) < 4.78 is 9.44. The minimum Gasteiger partial charge on any atom is -0.469 e. The average molecular weight is 236 g/mol. The van der Waals surface area contributed by atoms with E-state index >= 15 is 0 Å². The van der Waals surface area contributed by atoms with Crippen LogP contribution in [-0.2, 0) is 16.0 Å². The molecule has 0 atom stereocenters. The fourth-order valence-electron chi connectivity index (χ4n) is 1.43. The number of non-ortho nitro benzene ring substituents is 1. The first-order valence-corrected chi connectivity index (χ1v) is 4.71. The second-order valence-corrected chi connectivity index (χ2v) is 3.32. The Morgan fingerprint density at radius 3 is 3.00 bits per heavy atom. The largest absolute Gasteiger partial charge is 0.469 e. The molecule has 2 aromatic rings. The van der Waals surface area contributed by atoms with E-state index in [1.807, 2.05) is 0 Å². The summed E-state index contributed by atoms with van der Waals surface area (Å²) in [6.45, 7) is 0. The number of nitro groups is 1. The number of ether oxygens (including phenoxy) is 1. The molecule has 0 aliphatic carbocycles. The van der Waals surface area contributed by atoms with Crippen LogP contribution in [0.15, 0.2) is 22.7 Å². The Hall–Kier alpha value is -2.44. The molecule has 0 N–H and O–H groups in total. The van der Waals surface area contributed by atoms with Gasteiger partial charge in [0.2, 0.25) is 0 Å². The maximum atomic E-state index is 11.1. The number of rotatable bonds is 3. The minimum atomic E-state index is -0.519. The molecule has 7 nitrogen and oxygen atoms in total. The van der Waals surface area contributed by atoms with Crippen molar-refractivity contribution in [1.29, 1.82) is 0 Å². The molecule has 17 heavy (non-hydrogen) atoms. The van der Waals surface area contributed by atoms with Gasteiger partial charge in [0.05, 0.1) is 23.8 Å². The van der Waals surface area contributed by atoms with Crippen LogP contribution < -0.4 is 0 Å². The van der Waals surface area contributed by atoms with Crippen LogP contribution in [0.1, 0.15) is 5.69 Å². The van der Waals surface area contributed by atoms with Gasteiger partial charge < -0.3 is 9.26 Å². The van der Waals surface area contributed by atoms with E-state index in [9.17, 15) is 14.9 Å². The molecule has 1 heterocycles. The van der Waals surface area contributed by atoms with E-state index < -0.39 is 10.9 Å². The van der Waals surface area contributed by atoms with E-state index in [1.54, 1.807) is 0 Å². The van der Waals surface area contributed by atoms with Crippen molar-refractivity contribution in [3.8, 4) is 0 Å². The van der Waals surface area contributed by atoms with Gasteiger partial charge in [-0.2, -0.15) is 0 Å². The van der Waals surface area contributed by atoms with E-state index in [4.69, 9.17) is 4.52 Å². The van der Waals surface area contributed by atoms with Gasteiger partial charge in [0.1, 0.15) is 5.69 Å². The molecule has 0 radical (unpaired) electrons. The number of nitro benzene ring substituents is 1. The summed E-state index contributed by atoms with van der Waals surface area (Å²) in [4.78, 5) is 21.2. The molecule has 2 rings (SSSR count). The number of carbonyl (C=O) groups is 1. The molecule has 0 aliphatic rings. The number of esters is 1. The van der Waals surface area contributed by atoms with Crippen LogP contribution in [0.5, 0.6) is 0 Å². The summed E-state index contributed by atoms with van der Waals surface area (Å²) in [7, 11) is 1.26. The highest BCUT2D eigenvalue weighted by Gasteiger charge is 2.16. The van der Waals surface area contributed by atoms with Gasteiger partial charge in [-0.15, -0.1) is 0 Å². The number of hydrogen-bond acceptors (Lipinski definition) is 6. The van der Waals surface area contributed by atoms with Gasteiger partial charge in [0.15, 0.2) is 5.58 Å². The van der Waals surface area contributed by atoms with Crippen LogP contribution in [0.3, 0.4) is 0 Å². The molecule has 0 bridgehead atoms. The van der Waals surface area contributed by atoms with Gasteiger partial charge in [0, 0.05) is 12.1 Å². The summed E-state index contributed by atoms with van der Waals surface area (Å²) in [5.74, 6) is -0.480. The van der Waals surface area contributed by atoms with Crippen molar-refractivity contribution in [2.75, 3.05) is 7.11 Å². The first-order valence-electron chi connectivity index (χ1n) is 4.71. The van der Waals surface area contributed by atoms with Crippen molar-refractivity contribution in [2.45, 2.75) is 6.42 Å². The minimum absolute atomic E-state index is 0.0770. The maximum absolute atomic E-state index is 11.1. The molecule has 0 saturated heterocycles. The molecule has 1 aromatic carbocycles. The molecule has 0 spiro atoms. The summed E-state index contributed by atoms with van der Waals surface area (Å²) in [6, 6.07) is 4.08. The number of benzene rings is 1. The fraction of sp³-hybridized carbons (Fsp3) is 0.200. The highest BCUT2D eigenvalue weighted by molar-refractivity contribution is 5.85. The van der Waals surface area contributed by atoms with E-state index in [2.05, 4.69) is 9.89 Å². The zero-order valence-corrected chi connectivity index (χ0v) is 8.87. The number of hydrogen-bond donors (Lipinski definition) is 0. The summed E-state index contributed by atoms with van der Waals surface area (Å²) in [5, 5.41) is 14.8. The molecule has 1 aromatic heterocycles. The third kappa shape index (κ3) is 2.07. The van der Waals surface area contributed by atoms with Crippen LogP contribution in [0.4, 0.5) is 5.69 Å². The number of carbonyl (C=O) groups excluding carboxylic acids is 1. The Morgan fingerprint density at radius 2 is 2.35 bits per heavy atom. The summed E-state index contributed by atoms with van der Waals surface area (Å²) in [5.41, 5.74) is 0.650. The molecular formula is C10H8N2O5. The van der Waals surface area contributed by atoms with E-state index in [0.29, 0.717) is 16.7 Å². The molecule has 0 aliphatic heterocycles. The topological polar surface area (TPSA) is 95.5 Å². The highest BCUT2D eigenvalue weighted by Crippen LogP contribution is 2.24. The van der Waals surface area contributed by atoms with Crippen LogP contribution >= 0.6 is 0 Å². The number of nitrogens with zero attached hydrogens (tertiary/aromatic N) is 2. The monoisotopic (exact) mass is 236 g/mol. The van der Waals surface area contributed by atoms with Crippen molar-refractivity contribution in [2.24, 2.45) is 0 Å². The van der Waals surface area contributed by atoms with Gasteiger partial charge in [-0.3, -0.25) is 14.9 Å². The number of fused-ring (bicyclic) bond motifs is 1. The molecule has 0 amide bonds. The van der Waals surface area contributed by atoms with Crippen molar-refractivity contribution in [3.05, 3.63) is 34.0 Å². The van der Waals surface area contributed by atoms with Crippen LogP contribution in [0, 0.1) is 10.1 Å². The normalized spacial score (nSPS) is 10.4. The zero-order valence-electron chi connectivity index (χ0n) is 8.87. The molecule has 0 unspecified atom stereocenters. The first-order chi connectivity index (χ1) is 8.11. The quantitative estimate of drug-likeness (QED) is 0.454. The Bertz CT molecular complexity index is 589. The van der Waals surface area contributed by atoms with Gasteiger partial charge >= 0.3 is 5.97 Å². The standard InChI is InChI=1S/C10H8N2O5/c1-16-10(13)5-8-7-4-6(12(14)15)2-3-9(7)17-11-8/h2-4H,5H2,1H3. The van der Waals surface area contributed by atoms with Crippen LogP contribution in [-0.4, -0.2) is 23.2 Å². The molecular weight excluding hydrogens is 228 g/mol. The Kier molecular flexibility index (Phi) is 2.73. The van der Waals surface area contributed by atoms with Gasteiger partial charge in [0.25, 0.3) is 5.69 Å². The lowest BCUT2D eigenvalue weighted by molar-refractivity contribution is -0.384. The fourth-order valence-corrected chi connectivity index (χ4v) is 1.43. The highest BCUT2D eigenvalue weighted by atomic mass is 16.6. The second-order valence-electron chi connectivity index (χ2n) is 3.32. The third-order valence-electron chi connectivity index (χ3n) is 2.28. The predicted octanol–water partition coefficient (Wildman–Crippen LogP) is 1.45. The molecule has 7 heteroatoms. The lowest BCUT2D eigenvalue weighted by atomic mass is 10.1. The summed E-state index contributed by atoms with van der Waals surface area (Å²) >= 11 is 0. The molecule has 88 valence electrons. The van der Waals surface area contributed by atoms with E-state index in [1.165, 1.54) is 25.3 Å². The van der Waals surface area contributed by atoms with Crippen molar-refractivity contribution in [3.63, 3.8) is 0 Å². The van der Waals surface area contributed by atoms with Crippen molar-refractivity contribution >= 4 is 22.6 Å². The lowest BCUT2D eigenvalue weighted by Crippen LogP contribution is -2.04. The van der Waals surface area contributed by atoms with Gasteiger partial charge in [-0.1, -0.05) is 5.16 Å². The Balaban J connectivity index is 2.46. The Morgan fingerprint density at radius 1 is 1.59 bits per heavy atom. The van der Waals surface area contributed by atoms with E-state index in [0.717, 1.165) is 0 Å². The van der Waals surface area contributed by atoms with Crippen LogP contribution in [0.2, 0.25) is 0 Å². The van der Waals surface area contributed by atoms with Gasteiger partial charge in [-0.25, -0.2) is 0 Å². The Labute approximate surface area is 95.1 Å². The third-order valence-corrected chi connectivity index (χ3v) is 2.28. The van der Waals surface area contributed by atoms with Crippen LogP contribution in [0.25, 0.3) is 11.0 Å². The zero-order chi connectivity index (χ0) is 12.4. The lowest BCUT2D eigenvalue weighted by Gasteiger charge is -1.95. The number of methoxy groups -OCH3 is 1. The molecule has 0 saturated carbocycles. The van der Waals surface area contributed by atoms with Crippen molar-refractivity contribution in [1.82, 2.24) is 5.16 Å². The SMILES string of the molecule is COC(=O)Cc1noc2ccc([N+](=O)[O-])cc12. The van der Waals surface area contributed by atoms with Crippen molar-refractivity contribution < 1.29 is 19.0 Å². The van der Waals surface area contributed by atoms with Gasteiger partial charge in [-0.05, 0) is 6.07 Å².